The van der Waals surface area contributed by atoms with Gasteiger partial charge in [0.2, 0.25) is 5.95 Å². The molecule has 0 aliphatic carbocycles. The predicted octanol–water partition coefficient (Wildman–Crippen LogP) is 2.07. The topological polar surface area (TPSA) is 72.0 Å². The number of nitrogens with zero attached hydrogens (tertiary/aromatic N) is 3. The van der Waals surface area contributed by atoms with Gasteiger partial charge in [0.25, 0.3) is 0 Å². The normalized spacial score (nSPS) is 10.4. The van der Waals surface area contributed by atoms with E-state index in [4.69, 9.17) is 4.74 Å². The second-order valence-electron chi connectivity index (χ2n) is 4.38. The first kappa shape index (κ1) is 15.1. The number of rotatable bonds is 8. The van der Waals surface area contributed by atoms with E-state index in [9.17, 15) is 4.39 Å². The van der Waals surface area contributed by atoms with Crippen LogP contribution in [0.15, 0.2) is 30.5 Å². The lowest BCUT2D eigenvalue weighted by Gasteiger charge is -2.08. The molecule has 0 radical (unpaired) electrons. The highest BCUT2D eigenvalue weighted by Crippen LogP contribution is 2.09. The molecule has 2 rings (SSSR count). The van der Waals surface area contributed by atoms with Crippen LogP contribution in [0.2, 0.25) is 0 Å². The van der Waals surface area contributed by atoms with Gasteiger partial charge < -0.3 is 15.4 Å². The molecule has 0 bridgehead atoms. The van der Waals surface area contributed by atoms with Crippen molar-refractivity contribution in [2.45, 2.75) is 13.0 Å². The van der Waals surface area contributed by atoms with Crippen LogP contribution in [0.25, 0.3) is 0 Å². The molecule has 0 spiro atoms. The fourth-order valence-electron chi connectivity index (χ4n) is 1.71. The number of nitrogens with one attached hydrogen (secondary N) is 2. The molecule has 0 atom stereocenters. The Morgan fingerprint density at radius 1 is 1.24 bits per heavy atom. The number of hydrogen-bond acceptors (Lipinski definition) is 6. The molecule has 0 aliphatic heterocycles. The van der Waals surface area contributed by atoms with Crippen LogP contribution in [0.3, 0.4) is 0 Å². The Labute approximate surface area is 122 Å². The molecule has 21 heavy (non-hydrogen) atoms. The van der Waals surface area contributed by atoms with Gasteiger partial charge in [0.15, 0.2) is 5.82 Å². The van der Waals surface area contributed by atoms with E-state index in [1.54, 1.807) is 31.5 Å². The van der Waals surface area contributed by atoms with Gasteiger partial charge in [-0.25, -0.2) is 4.39 Å². The molecule has 0 aliphatic rings. The minimum atomic E-state index is -0.258. The summed E-state index contributed by atoms with van der Waals surface area (Å²) in [4.78, 5) is 4.26. The van der Waals surface area contributed by atoms with Crippen molar-refractivity contribution >= 4 is 11.8 Å². The van der Waals surface area contributed by atoms with Gasteiger partial charge in [-0.2, -0.15) is 10.1 Å². The van der Waals surface area contributed by atoms with E-state index in [2.05, 4.69) is 25.8 Å². The SMILES string of the molecule is COCCCNc1cnnc(NCc2ccccc2F)n1. The molecule has 1 aromatic heterocycles. The van der Waals surface area contributed by atoms with Gasteiger partial charge in [-0.1, -0.05) is 18.2 Å². The van der Waals surface area contributed by atoms with Crippen molar-refractivity contribution in [3.8, 4) is 0 Å². The molecule has 7 heteroatoms. The summed E-state index contributed by atoms with van der Waals surface area (Å²) in [5.41, 5.74) is 0.555. The molecule has 1 heterocycles. The van der Waals surface area contributed by atoms with Crippen LogP contribution in [0.1, 0.15) is 12.0 Å². The van der Waals surface area contributed by atoms with E-state index in [1.807, 2.05) is 0 Å². The molecule has 0 saturated heterocycles. The Morgan fingerprint density at radius 3 is 2.90 bits per heavy atom. The standard InChI is InChI=1S/C14H18FN5O/c1-21-8-4-7-16-13-10-18-20-14(19-13)17-9-11-5-2-3-6-12(11)15/h2-3,5-6,10H,4,7-9H2,1H3,(H2,16,17,19,20). The number of benzene rings is 1. The molecule has 0 fully saturated rings. The van der Waals surface area contributed by atoms with Crippen LogP contribution in [0.4, 0.5) is 16.2 Å². The Hall–Kier alpha value is -2.28. The zero-order valence-electron chi connectivity index (χ0n) is 11.8. The van der Waals surface area contributed by atoms with Gasteiger partial charge in [0.1, 0.15) is 5.82 Å². The highest BCUT2D eigenvalue weighted by molar-refractivity contribution is 5.37. The first-order valence-electron chi connectivity index (χ1n) is 6.69. The molecular weight excluding hydrogens is 273 g/mol. The maximum Gasteiger partial charge on any atom is 0.244 e. The maximum absolute atomic E-state index is 13.5. The van der Waals surface area contributed by atoms with Gasteiger partial charge in [-0.15, -0.1) is 5.10 Å². The zero-order chi connectivity index (χ0) is 14.9. The molecule has 0 unspecified atom stereocenters. The Bertz CT molecular complexity index is 567. The number of anilines is 2. The van der Waals surface area contributed by atoms with E-state index in [0.29, 0.717) is 30.5 Å². The summed E-state index contributed by atoms with van der Waals surface area (Å²) in [7, 11) is 1.66. The van der Waals surface area contributed by atoms with Crippen molar-refractivity contribution in [1.29, 1.82) is 0 Å². The van der Waals surface area contributed by atoms with Crippen LogP contribution in [0, 0.1) is 5.82 Å². The van der Waals surface area contributed by atoms with Crippen molar-refractivity contribution in [2.75, 3.05) is 30.9 Å². The lowest BCUT2D eigenvalue weighted by atomic mass is 10.2. The van der Waals surface area contributed by atoms with Crippen molar-refractivity contribution in [3.05, 3.63) is 41.8 Å². The van der Waals surface area contributed by atoms with Crippen LogP contribution in [0.5, 0.6) is 0 Å². The molecule has 0 saturated carbocycles. The highest BCUT2D eigenvalue weighted by Gasteiger charge is 2.03. The summed E-state index contributed by atoms with van der Waals surface area (Å²) in [6.45, 7) is 1.73. The van der Waals surface area contributed by atoms with Gasteiger partial charge in [0.05, 0.1) is 6.20 Å². The summed E-state index contributed by atoms with van der Waals surface area (Å²) in [5, 5.41) is 13.8. The monoisotopic (exact) mass is 291 g/mol. The average molecular weight is 291 g/mol. The Balaban J connectivity index is 1.87. The Kier molecular flexibility index (Phi) is 5.83. The van der Waals surface area contributed by atoms with Crippen molar-refractivity contribution in [1.82, 2.24) is 15.2 Å². The molecule has 2 aromatic rings. The van der Waals surface area contributed by atoms with Gasteiger partial charge in [0, 0.05) is 32.4 Å². The fourth-order valence-corrected chi connectivity index (χ4v) is 1.71. The van der Waals surface area contributed by atoms with Crippen LogP contribution < -0.4 is 10.6 Å². The van der Waals surface area contributed by atoms with Gasteiger partial charge in [-0.3, -0.25) is 0 Å². The molecule has 2 N–H and O–H groups in total. The first-order chi connectivity index (χ1) is 10.3. The number of aromatic nitrogens is 3. The molecule has 1 aromatic carbocycles. The van der Waals surface area contributed by atoms with E-state index >= 15 is 0 Å². The largest absolute Gasteiger partial charge is 0.385 e. The van der Waals surface area contributed by atoms with Crippen LogP contribution in [-0.2, 0) is 11.3 Å². The number of halogens is 1. The summed E-state index contributed by atoms with van der Waals surface area (Å²) in [6.07, 6.45) is 2.42. The third-order valence-corrected chi connectivity index (χ3v) is 2.78. The predicted molar refractivity (Wildman–Crippen MR) is 78.5 cm³/mol. The molecular formula is C14H18FN5O. The minimum absolute atomic E-state index is 0.258. The van der Waals surface area contributed by atoms with Crippen LogP contribution >= 0.6 is 0 Å². The minimum Gasteiger partial charge on any atom is -0.385 e. The van der Waals surface area contributed by atoms with E-state index in [0.717, 1.165) is 13.0 Å². The lowest BCUT2D eigenvalue weighted by Crippen LogP contribution is -2.10. The first-order valence-corrected chi connectivity index (χ1v) is 6.69. The van der Waals surface area contributed by atoms with Crippen molar-refractivity contribution in [3.63, 3.8) is 0 Å². The summed E-state index contributed by atoms with van der Waals surface area (Å²) in [6, 6.07) is 6.57. The summed E-state index contributed by atoms with van der Waals surface area (Å²) >= 11 is 0. The number of methoxy groups -OCH3 is 1. The van der Waals surface area contributed by atoms with E-state index < -0.39 is 0 Å². The van der Waals surface area contributed by atoms with Crippen molar-refractivity contribution < 1.29 is 9.13 Å². The smallest absolute Gasteiger partial charge is 0.244 e. The van der Waals surface area contributed by atoms with E-state index in [1.165, 1.54) is 6.07 Å². The zero-order valence-corrected chi connectivity index (χ0v) is 11.8. The van der Waals surface area contributed by atoms with Crippen molar-refractivity contribution in [2.24, 2.45) is 0 Å². The molecule has 0 amide bonds. The van der Waals surface area contributed by atoms with Crippen LogP contribution in [-0.4, -0.2) is 35.4 Å². The lowest BCUT2D eigenvalue weighted by molar-refractivity contribution is 0.197. The average Bonchev–Trinajstić information content (AvgIpc) is 2.51. The fraction of sp³-hybridized carbons (Fsp3) is 0.357. The van der Waals surface area contributed by atoms with Gasteiger partial charge >= 0.3 is 0 Å². The molecule has 6 nitrogen and oxygen atoms in total. The third kappa shape index (κ3) is 4.96. The highest BCUT2D eigenvalue weighted by atomic mass is 19.1. The second-order valence-corrected chi connectivity index (χ2v) is 4.38. The van der Waals surface area contributed by atoms with Gasteiger partial charge in [-0.05, 0) is 12.5 Å². The number of hydrogen-bond donors (Lipinski definition) is 2. The van der Waals surface area contributed by atoms with E-state index in [-0.39, 0.29) is 5.82 Å². The Morgan fingerprint density at radius 2 is 2.10 bits per heavy atom. The quantitative estimate of drug-likeness (QED) is 0.725. The second kappa shape index (κ2) is 8.11. The summed E-state index contributed by atoms with van der Waals surface area (Å²) < 4.78 is 18.5. The maximum atomic E-state index is 13.5. The summed E-state index contributed by atoms with van der Waals surface area (Å²) in [5.74, 6) is 0.721. The third-order valence-electron chi connectivity index (χ3n) is 2.78. The number of ether oxygens (including phenoxy) is 1. The molecule has 112 valence electrons.